The van der Waals surface area contributed by atoms with Crippen LogP contribution in [0.2, 0.25) is 0 Å². The first kappa shape index (κ1) is 12.8. The summed E-state index contributed by atoms with van der Waals surface area (Å²) in [5, 5.41) is 0. The third-order valence-corrected chi connectivity index (χ3v) is 2.79. The van der Waals surface area contributed by atoms with E-state index < -0.39 is 0 Å². The highest BCUT2D eigenvalue weighted by Gasteiger charge is 2.15. The highest BCUT2D eigenvalue weighted by Crippen LogP contribution is 2.37. The Labute approximate surface area is 97.6 Å². The zero-order valence-electron chi connectivity index (χ0n) is 10.6. The third kappa shape index (κ3) is 2.47. The summed E-state index contributed by atoms with van der Waals surface area (Å²) in [4.78, 5) is 0. The van der Waals surface area contributed by atoms with E-state index in [1.54, 1.807) is 14.2 Å². The van der Waals surface area contributed by atoms with Crippen LogP contribution >= 0.6 is 0 Å². The molecule has 0 unspecified atom stereocenters. The van der Waals surface area contributed by atoms with E-state index in [4.69, 9.17) is 15.2 Å². The number of benzene rings is 1. The van der Waals surface area contributed by atoms with Crippen molar-refractivity contribution in [2.75, 3.05) is 20.8 Å². The highest BCUT2D eigenvalue weighted by atomic mass is 16.5. The minimum absolute atomic E-state index is 0.693. The van der Waals surface area contributed by atoms with Gasteiger partial charge in [-0.3, -0.25) is 0 Å². The zero-order valence-corrected chi connectivity index (χ0v) is 10.6. The van der Waals surface area contributed by atoms with Crippen LogP contribution in [-0.4, -0.2) is 20.8 Å². The van der Waals surface area contributed by atoms with Crippen molar-refractivity contribution in [2.45, 2.75) is 26.7 Å². The van der Waals surface area contributed by atoms with Gasteiger partial charge in [0.25, 0.3) is 0 Å². The van der Waals surface area contributed by atoms with Gasteiger partial charge >= 0.3 is 0 Å². The minimum Gasteiger partial charge on any atom is -0.493 e. The fourth-order valence-electron chi connectivity index (χ4n) is 2.03. The molecule has 1 aromatic carbocycles. The van der Waals surface area contributed by atoms with Gasteiger partial charge in [-0.05, 0) is 44.4 Å². The maximum Gasteiger partial charge on any atom is 0.164 e. The van der Waals surface area contributed by atoms with Gasteiger partial charge in [0.2, 0.25) is 0 Å². The molecule has 90 valence electrons. The lowest BCUT2D eigenvalue weighted by molar-refractivity contribution is 0.349. The fourth-order valence-corrected chi connectivity index (χ4v) is 2.03. The van der Waals surface area contributed by atoms with E-state index in [2.05, 4.69) is 13.0 Å². The first-order valence-electron chi connectivity index (χ1n) is 5.56. The van der Waals surface area contributed by atoms with Crippen molar-refractivity contribution in [1.82, 2.24) is 0 Å². The molecule has 0 aliphatic heterocycles. The van der Waals surface area contributed by atoms with Gasteiger partial charge in [0.15, 0.2) is 11.5 Å². The number of aryl methyl sites for hydroxylation is 2. The quantitative estimate of drug-likeness (QED) is 0.832. The van der Waals surface area contributed by atoms with Gasteiger partial charge in [-0.25, -0.2) is 0 Å². The third-order valence-electron chi connectivity index (χ3n) is 2.79. The summed E-state index contributed by atoms with van der Waals surface area (Å²) in [7, 11) is 3.36. The predicted octanol–water partition coefficient (Wildman–Crippen LogP) is 2.21. The highest BCUT2D eigenvalue weighted by molar-refractivity contribution is 5.55. The summed E-state index contributed by atoms with van der Waals surface area (Å²) < 4.78 is 10.8. The molecular formula is C13H21NO2. The average Bonchev–Trinajstić information content (AvgIpc) is 2.27. The Balaban J connectivity index is 3.22. The lowest BCUT2D eigenvalue weighted by Crippen LogP contribution is -2.05. The lowest BCUT2D eigenvalue weighted by atomic mass is 9.99. The number of hydrogen-bond acceptors (Lipinski definition) is 3. The van der Waals surface area contributed by atoms with Gasteiger partial charge in [0.05, 0.1) is 14.2 Å². The lowest BCUT2D eigenvalue weighted by Gasteiger charge is -2.17. The van der Waals surface area contributed by atoms with Crippen molar-refractivity contribution in [3.63, 3.8) is 0 Å². The molecule has 0 spiro atoms. The monoisotopic (exact) mass is 223 g/mol. The summed E-state index contributed by atoms with van der Waals surface area (Å²) in [6, 6.07) is 2.13. The Bertz CT molecular complexity index is 361. The Morgan fingerprint density at radius 1 is 1.06 bits per heavy atom. The van der Waals surface area contributed by atoms with Crippen LogP contribution in [0, 0.1) is 13.8 Å². The summed E-state index contributed by atoms with van der Waals surface area (Å²) >= 11 is 0. The molecular weight excluding hydrogens is 202 g/mol. The van der Waals surface area contributed by atoms with Crippen LogP contribution in [0.1, 0.15) is 23.1 Å². The molecule has 3 nitrogen and oxygen atoms in total. The smallest absolute Gasteiger partial charge is 0.164 e. The molecule has 0 aromatic heterocycles. The normalized spacial score (nSPS) is 10.3. The van der Waals surface area contributed by atoms with Crippen molar-refractivity contribution in [3.05, 3.63) is 22.8 Å². The Morgan fingerprint density at radius 3 is 2.19 bits per heavy atom. The van der Waals surface area contributed by atoms with Crippen LogP contribution in [0.15, 0.2) is 6.07 Å². The van der Waals surface area contributed by atoms with E-state index in [9.17, 15) is 0 Å². The first-order valence-corrected chi connectivity index (χ1v) is 5.56. The number of nitrogens with two attached hydrogens (primary N) is 1. The second-order valence-corrected chi connectivity index (χ2v) is 3.95. The summed E-state index contributed by atoms with van der Waals surface area (Å²) in [5.41, 5.74) is 9.09. The van der Waals surface area contributed by atoms with Crippen molar-refractivity contribution in [1.29, 1.82) is 0 Å². The van der Waals surface area contributed by atoms with E-state index in [0.717, 1.165) is 29.9 Å². The molecule has 0 saturated carbocycles. The maximum absolute atomic E-state index is 5.55. The van der Waals surface area contributed by atoms with Crippen molar-refractivity contribution < 1.29 is 9.47 Å². The van der Waals surface area contributed by atoms with E-state index in [1.807, 2.05) is 6.92 Å². The number of ether oxygens (including phenoxy) is 2. The molecule has 0 saturated heterocycles. The molecule has 0 aliphatic carbocycles. The van der Waals surface area contributed by atoms with Gasteiger partial charge in [-0.1, -0.05) is 6.07 Å². The Kier molecular flexibility index (Phi) is 4.62. The predicted molar refractivity (Wildman–Crippen MR) is 66.4 cm³/mol. The Morgan fingerprint density at radius 2 is 1.69 bits per heavy atom. The molecule has 0 amide bonds. The molecule has 1 rings (SSSR count). The van der Waals surface area contributed by atoms with Crippen LogP contribution in [0.3, 0.4) is 0 Å². The van der Waals surface area contributed by atoms with Crippen molar-refractivity contribution in [2.24, 2.45) is 5.73 Å². The zero-order chi connectivity index (χ0) is 12.1. The molecule has 2 N–H and O–H groups in total. The second kappa shape index (κ2) is 5.75. The molecule has 0 fully saturated rings. The maximum atomic E-state index is 5.55. The van der Waals surface area contributed by atoms with Crippen LogP contribution in [0.4, 0.5) is 0 Å². The fraction of sp³-hybridized carbons (Fsp3) is 0.538. The topological polar surface area (TPSA) is 44.5 Å². The number of rotatable bonds is 5. The van der Waals surface area contributed by atoms with E-state index in [-0.39, 0.29) is 0 Å². The summed E-state index contributed by atoms with van der Waals surface area (Å²) in [5.74, 6) is 1.69. The van der Waals surface area contributed by atoms with Crippen LogP contribution in [0.5, 0.6) is 11.5 Å². The largest absolute Gasteiger partial charge is 0.493 e. The molecule has 16 heavy (non-hydrogen) atoms. The first-order chi connectivity index (χ1) is 7.65. The average molecular weight is 223 g/mol. The Hall–Kier alpha value is -1.22. The van der Waals surface area contributed by atoms with Crippen LogP contribution in [-0.2, 0) is 6.42 Å². The van der Waals surface area contributed by atoms with Gasteiger partial charge in [0.1, 0.15) is 0 Å². The molecule has 0 radical (unpaired) electrons. The summed E-state index contributed by atoms with van der Waals surface area (Å²) in [6.45, 7) is 4.82. The van der Waals surface area contributed by atoms with Gasteiger partial charge in [-0.2, -0.15) is 0 Å². The van der Waals surface area contributed by atoms with Crippen molar-refractivity contribution >= 4 is 0 Å². The molecule has 0 bridgehead atoms. The molecule has 3 heteroatoms. The van der Waals surface area contributed by atoms with Crippen LogP contribution in [0.25, 0.3) is 0 Å². The molecule has 0 heterocycles. The molecule has 0 aliphatic rings. The SMILES string of the molecule is COc1c(C)cc(C)c(CCCN)c1OC. The van der Waals surface area contributed by atoms with Gasteiger partial charge in [-0.15, -0.1) is 0 Å². The van der Waals surface area contributed by atoms with Gasteiger partial charge in [0, 0.05) is 5.56 Å². The van der Waals surface area contributed by atoms with E-state index >= 15 is 0 Å². The van der Waals surface area contributed by atoms with Crippen molar-refractivity contribution in [3.8, 4) is 11.5 Å². The second-order valence-electron chi connectivity index (χ2n) is 3.95. The van der Waals surface area contributed by atoms with Crippen LogP contribution < -0.4 is 15.2 Å². The molecule has 1 aromatic rings. The standard InChI is InChI=1S/C13H21NO2/c1-9-8-10(2)12(15-3)13(16-4)11(9)6-5-7-14/h8H,5-7,14H2,1-4H3. The van der Waals surface area contributed by atoms with E-state index in [1.165, 1.54) is 11.1 Å². The van der Waals surface area contributed by atoms with Gasteiger partial charge < -0.3 is 15.2 Å². The minimum atomic E-state index is 0.693. The van der Waals surface area contributed by atoms with E-state index in [0.29, 0.717) is 6.54 Å². The number of methoxy groups -OCH3 is 2. The number of hydrogen-bond donors (Lipinski definition) is 1. The molecule has 0 atom stereocenters. The summed E-state index contributed by atoms with van der Waals surface area (Å²) in [6.07, 6.45) is 1.89.